The third-order valence-electron chi connectivity index (χ3n) is 2.17. The van der Waals surface area contributed by atoms with Crippen molar-refractivity contribution in [2.75, 3.05) is 12.4 Å². The van der Waals surface area contributed by atoms with Gasteiger partial charge in [0.05, 0.1) is 13.2 Å². The van der Waals surface area contributed by atoms with Crippen LogP contribution in [-0.4, -0.2) is 12.0 Å². The summed E-state index contributed by atoms with van der Waals surface area (Å²) in [7, 11) is 1.86. The van der Waals surface area contributed by atoms with Gasteiger partial charge in [0.1, 0.15) is 5.82 Å². The minimum Gasteiger partial charge on any atom is -0.373 e. The molecule has 0 aliphatic rings. The van der Waals surface area contributed by atoms with Crippen LogP contribution in [0.25, 0.3) is 0 Å². The number of nitrogens with one attached hydrogen (secondary N) is 1. The van der Waals surface area contributed by atoms with Crippen molar-refractivity contribution in [2.24, 2.45) is 0 Å². The van der Waals surface area contributed by atoms with Crippen LogP contribution in [0.1, 0.15) is 10.4 Å². The number of hydrogen-bond acceptors (Lipinski definition) is 4. The van der Waals surface area contributed by atoms with Gasteiger partial charge in [-0.2, -0.15) is 0 Å². The Balaban J connectivity index is 1.85. The molecule has 0 bridgehead atoms. The fraction of sp³-hybridized carbons (Fsp3) is 0.250. The molecule has 3 nitrogen and oxygen atoms in total. The van der Waals surface area contributed by atoms with E-state index in [-0.39, 0.29) is 0 Å². The summed E-state index contributed by atoms with van der Waals surface area (Å²) in [5, 5.41) is 5.07. The molecule has 0 atom stereocenters. The van der Waals surface area contributed by atoms with Crippen molar-refractivity contribution >= 4 is 17.2 Å². The maximum Gasteiger partial charge on any atom is 0.125 e. The number of ether oxygens (including phenoxy) is 1. The fourth-order valence-electron chi connectivity index (χ4n) is 1.36. The van der Waals surface area contributed by atoms with Gasteiger partial charge in [-0.3, -0.25) is 0 Å². The third-order valence-corrected chi connectivity index (χ3v) is 3.02. The molecule has 0 aromatic carbocycles. The molecule has 0 aliphatic carbocycles. The highest BCUT2D eigenvalue weighted by Crippen LogP contribution is 2.12. The van der Waals surface area contributed by atoms with Crippen LogP contribution in [0.2, 0.25) is 0 Å². The first-order valence-corrected chi connectivity index (χ1v) is 5.99. The van der Waals surface area contributed by atoms with Crippen LogP contribution in [0.4, 0.5) is 5.82 Å². The molecule has 0 saturated carbocycles. The Morgan fingerprint density at radius 2 is 2.31 bits per heavy atom. The third kappa shape index (κ3) is 3.05. The number of rotatable bonds is 5. The normalized spacial score (nSPS) is 10.3. The lowest BCUT2D eigenvalue weighted by atomic mass is 10.3. The van der Waals surface area contributed by atoms with E-state index in [1.807, 2.05) is 25.2 Å². The summed E-state index contributed by atoms with van der Waals surface area (Å²) in [6.45, 7) is 1.30. The number of aromatic nitrogens is 1. The van der Waals surface area contributed by atoms with Gasteiger partial charge in [-0.25, -0.2) is 4.98 Å². The van der Waals surface area contributed by atoms with Crippen LogP contribution in [0.5, 0.6) is 0 Å². The van der Waals surface area contributed by atoms with E-state index in [9.17, 15) is 0 Å². The molecular formula is C12H14N2OS. The van der Waals surface area contributed by atoms with Crippen molar-refractivity contribution in [3.8, 4) is 0 Å². The zero-order chi connectivity index (χ0) is 11.2. The van der Waals surface area contributed by atoms with Crippen molar-refractivity contribution in [1.29, 1.82) is 0 Å². The van der Waals surface area contributed by atoms with Gasteiger partial charge in [0, 0.05) is 18.1 Å². The zero-order valence-corrected chi connectivity index (χ0v) is 9.96. The lowest BCUT2D eigenvalue weighted by molar-refractivity contribution is 0.109. The van der Waals surface area contributed by atoms with Gasteiger partial charge in [-0.15, -0.1) is 11.3 Å². The van der Waals surface area contributed by atoms with E-state index in [2.05, 4.69) is 21.7 Å². The van der Waals surface area contributed by atoms with E-state index in [0.29, 0.717) is 13.2 Å². The molecule has 0 aliphatic heterocycles. The van der Waals surface area contributed by atoms with Gasteiger partial charge in [0.15, 0.2) is 0 Å². The van der Waals surface area contributed by atoms with Crippen LogP contribution in [0, 0.1) is 0 Å². The number of nitrogens with zero attached hydrogens (tertiary/aromatic N) is 1. The average Bonchev–Trinajstić information content (AvgIpc) is 2.82. The molecule has 84 valence electrons. The first-order chi connectivity index (χ1) is 7.88. The molecule has 2 rings (SSSR count). The Morgan fingerprint density at radius 1 is 1.38 bits per heavy atom. The van der Waals surface area contributed by atoms with Crippen LogP contribution in [0.3, 0.4) is 0 Å². The highest BCUT2D eigenvalue weighted by Gasteiger charge is 1.97. The van der Waals surface area contributed by atoms with Crippen molar-refractivity contribution < 1.29 is 4.74 Å². The summed E-state index contributed by atoms with van der Waals surface area (Å²) in [5.41, 5.74) is 1.14. The fourth-order valence-corrected chi connectivity index (χ4v) is 2.01. The van der Waals surface area contributed by atoms with Gasteiger partial charge >= 0.3 is 0 Å². The van der Waals surface area contributed by atoms with Crippen molar-refractivity contribution in [1.82, 2.24) is 4.98 Å². The van der Waals surface area contributed by atoms with Crippen LogP contribution in [-0.2, 0) is 18.0 Å². The average molecular weight is 234 g/mol. The Bertz CT molecular complexity index is 428. The molecule has 2 aromatic rings. The summed E-state index contributed by atoms with van der Waals surface area (Å²) >= 11 is 1.72. The van der Waals surface area contributed by atoms with E-state index in [0.717, 1.165) is 11.4 Å². The highest BCUT2D eigenvalue weighted by molar-refractivity contribution is 7.09. The van der Waals surface area contributed by atoms with E-state index >= 15 is 0 Å². The maximum atomic E-state index is 5.62. The number of hydrogen-bond donors (Lipinski definition) is 1. The first-order valence-electron chi connectivity index (χ1n) is 5.11. The smallest absolute Gasteiger partial charge is 0.125 e. The molecule has 1 N–H and O–H groups in total. The monoisotopic (exact) mass is 234 g/mol. The first kappa shape index (κ1) is 11.1. The second-order valence-corrected chi connectivity index (χ2v) is 4.40. The second kappa shape index (κ2) is 5.63. The van der Waals surface area contributed by atoms with Crippen LogP contribution < -0.4 is 5.32 Å². The van der Waals surface area contributed by atoms with Gasteiger partial charge < -0.3 is 10.1 Å². The summed E-state index contributed by atoms with van der Waals surface area (Å²) in [5.74, 6) is 0.872. The van der Waals surface area contributed by atoms with Gasteiger partial charge in [-0.1, -0.05) is 6.07 Å². The van der Waals surface area contributed by atoms with Crippen molar-refractivity contribution in [3.63, 3.8) is 0 Å². The topological polar surface area (TPSA) is 34.1 Å². The number of anilines is 1. The minimum atomic E-state index is 0.620. The van der Waals surface area contributed by atoms with Crippen LogP contribution in [0.15, 0.2) is 35.8 Å². The van der Waals surface area contributed by atoms with E-state index < -0.39 is 0 Å². The molecular weight excluding hydrogens is 220 g/mol. The molecule has 0 amide bonds. The Hall–Kier alpha value is -1.39. The predicted octanol–water partition coefficient (Wildman–Crippen LogP) is 2.90. The quantitative estimate of drug-likeness (QED) is 0.863. The molecule has 16 heavy (non-hydrogen) atoms. The SMILES string of the molecule is CNc1cc(COCc2cccs2)ccn1. The molecule has 0 fully saturated rings. The molecule has 2 heterocycles. The molecule has 2 aromatic heterocycles. The second-order valence-electron chi connectivity index (χ2n) is 3.37. The molecule has 0 spiro atoms. The Morgan fingerprint density at radius 3 is 3.06 bits per heavy atom. The largest absolute Gasteiger partial charge is 0.373 e. The highest BCUT2D eigenvalue weighted by atomic mass is 32.1. The van der Waals surface area contributed by atoms with E-state index in [1.165, 1.54) is 4.88 Å². The van der Waals surface area contributed by atoms with Gasteiger partial charge in [0.2, 0.25) is 0 Å². The lowest BCUT2D eigenvalue weighted by Gasteiger charge is -2.04. The number of pyridine rings is 1. The summed E-state index contributed by atoms with van der Waals surface area (Å²) in [6, 6.07) is 8.08. The van der Waals surface area contributed by atoms with Gasteiger partial charge in [0.25, 0.3) is 0 Å². The zero-order valence-electron chi connectivity index (χ0n) is 9.14. The van der Waals surface area contributed by atoms with Crippen molar-refractivity contribution in [3.05, 3.63) is 46.3 Å². The van der Waals surface area contributed by atoms with Gasteiger partial charge in [-0.05, 0) is 29.1 Å². The van der Waals surface area contributed by atoms with Crippen LogP contribution >= 0.6 is 11.3 Å². The Labute approximate surface area is 99.1 Å². The summed E-state index contributed by atoms with van der Waals surface area (Å²) in [4.78, 5) is 5.40. The molecule has 0 saturated heterocycles. The molecule has 0 unspecified atom stereocenters. The molecule has 0 radical (unpaired) electrons. The molecule has 4 heteroatoms. The van der Waals surface area contributed by atoms with E-state index in [4.69, 9.17) is 4.74 Å². The maximum absolute atomic E-state index is 5.62. The Kier molecular flexibility index (Phi) is 3.91. The minimum absolute atomic E-state index is 0.620. The summed E-state index contributed by atoms with van der Waals surface area (Å²) in [6.07, 6.45) is 1.79. The van der Waals surface area contributed by atoms with Crippen molar-refractivity contribution in [2.45, 2.75) is 13.2 Å². The predicted molar refractivity (Wildman–Crippen MR) is 66.6 cm³/mol. The van der Waals surface area contributed by atoms with E-state index in [1.54, 1.807) is 17.5 Å². The summed E-state index contributed by atoms with van der Waals surface area (Å²) < 4.78 is 5.62. The standard InChI is InChI=1S/C12H14N2OS/c1-13-12-7-10(4-5-14-12)8-15-9-11-3-2-6-16-11/h2-7H,8-9H2,1H3,(H,13,14). The lowest BCUT2D eigenvalue weighted by Crippen LogP contribution is -1.96. The number of thiophene rings is 1.